The summed E-state index contributed by atoms with van der Waals surface area (Å²) in [6, 6.07) is 16.2. The first-order chi connectivity index (χ1) is 13.6. The van der Waals surface area contributed by atoms with Gasteiger partial charge in [0.25, 0.3) is 5.56 Å². The maximum Gasteiger partial charge on any atom is 0.322 e. The molecule has 28 heavy (non-hydrogen) atoms. The summed E-state index contributed by atoms with van der Waals surface area (Å²) in [4.78, 5) is 32.5. The number of benzene rings is 2. The van der Waals surface area contributed by atoms with E-state index in [1.807, 2.05) is 69.3 Å². The molecule has 3 aromatic rings. The number of carbonyl (C=O) groups is 1. The Bertz CT molecular complexity index is 1010. The van der Waals surface area contributed by atoms with Crippen LogP contribution in [0, 0.1) is 0 Å². The van der Waals surface area contributed by atoms with Gasteiger partial charge in [0.15, 0.2) is 0 Å². The van der Waals surface area contributed by atoms with Crippen LogP contribution >= 0.6 is 0 Å². The first kappa shape index (κ1) is 19.6. The van der Waals surface area contributed by atoms with Crippen molar-refractivity contribution in [1.82, 2.24) is 14.5 Å². The molecule has 6 heteroatoms. The topological polar surface area (TPSA) is 67.2 Å². The largest absolute Gasteiger partial charge is 0.322 e. The standard InChI is InChI=1S/C22H26N4O2/c1-4-19(25(5-2)22(28)23-16-12-8-7-9-13-16)20-24-18-15-11-10-14-17(18)21(27)26(20)6-3/h7-15,19H,4-6H2,1-3H3,(H,23,28). The maximum atomic E-state index is 13.0. The van der Waals surface area contributed by atoms with Gasteiger partial charge in [0.05, 0.1) is 16.9 Å². The summed E-state index contributed by atoms with van der Waals surface area (Å²) in [5.41, 5.74) is 1.33. The van der Waals surface area contributed by atoms with Crippen molar-refractivity contribution in [3.8, 4) is 0 Å². The number of fused-ring (bicyclic) bond motifs is 1. The molecular formula is C22H26N4O2. The average Bonchev–Trinajstić information content (AvgIpc) is 2.72. The Hall–Kier alpha value is -3.15. The van der Waals surface area contributed by atoms with E-state index in [1.54, 1.807) is 15.5 Å². The highest BCUT2D eigenvalue weighted by Crippen LogP contribution is 2.24. The van der Waals surface area contributed by atoms with Gasteiger partial charge in [-0.05, 0) is 44.5 Å². The lowest BCUT2D eigenvalue weighted by atomic mass is 10.1. The van der Waals surface area contributed by atoms with Crippen molar-refractivity contribution in [2.45, 2.75) is 39.8 Å². The van der Waals surface area contributed by atoms with Crippen LogP contribution < -0.4 is 10.9 Å². The molecule has 0 saturated carbocycles. The molecule has 0 saturated heterocycles. The lowest BCUT2D eigenvalue weighted by Crippen LogP contribution is -2.40. The Morgan fingerprint density at radius 1 is 1.07 bits per heavy atom. The normalized spacial score (nSPS) is 12.0. The predicted molar refractivity (Wildman–Crippen MR) is 113 cm³/mol. The van der Waals surface area contributed by atoms with Gasteiger partial charge in [-0.25, -0.2) is 9.78 Å². The first-order valence-corrected chi connectivity index (χ1v) is 9.72. The second kappa shape index (κ2) is 8.69. The summed E-state index contributed by atoms with van der Waals surface area (Å²) in [7, 11) is 0. The smallest absolute Gasteiger partial charge is 0.315 e. The number of para-hydroxylation sites is 2. The summed E-state index contributed by atoms with van der Waals surface area (Å²) >= 11 is 0. The fraction of sp³-hybridized carbons (Fsp3) is 0.318. The van der Waals surface area contributed by atoms with E-state index >= 15 is 0 Å². The molecule has 146 valence electrons. The summed E-state index contributed by atoms with van der Waals surface area (Å²) in [5, 5.41) is 3.54. The van der Waals surface area contributed by atoms with Crippen molar-refractivity contribution in [1.29, 1.82) is 0 Å². The number of nitrogens with zero attached hydrogens (tertiary/aromatic N) is 3. The number of amides is 2. The zero-order valence-corrected chi connectivity index (χ0v) is 16.6. The molecule has 0 aliphatic rings. The fourth-order valence-electron chi connectivity index (χ4n) is 3.51. The minimum absolute atomic E-state index is 0.0685. The molecule has 1 heterocycles. The molecule has 1 N–H and O–H groups in total. The molecule has 1 aromatic heterocycles. The minimum Gasteiger partial charge on any atom is -0.315 e. The Morgan fingerprint density at radius 2 is 1.75 bits per heavy atom. The lowest BCUT2D eigenvalue weighted by Gasteiger charge is -2.31. The number of rotatable bonds is 6. The van der Waals surface area contributed by atoms with E-state index in [-0.39, 0.29) is 17.6 Å². The molecule has 0 fully saturated rings. The molecule has 0 aliphatic carbocycles. The average molecular weight is 378 g/mol. The molecule has 3 rings (SSSR count). The Kier molecular flexibility index (Phi) is 6.09. The zero-order valence-electron chi connectivity index (χ0n) is 16.6. The highest BCUT2D eigenvalue weighted by molar-refractivity contribution is 5.89. The van der Waals surface area contributed by atoms with Crippen molar-refractivity contribution >= 4 is 22.6 Å². The molecular weight excluding hydrogens is 352 g/mol. The third-order valence-electron chi connectivity index (χ3n) is 4.89. The van der Waals surface area contributed by atoms with Gasteiger partial charge in [-0.2, -0.15) is 0 Å². The van der Waals surface area contributed by atoms with Crippen LogP contribution in [0.4, 0.5) is 10.5 Å². The third kappa shape index (κ3) is 3.76. The van der Waals surface area contributed by atoms with E-state index in [2.05, 4.69) is 5.32 Å². The van der Waals surface area contributed by atoms with Crippen LogP contribution in [-0.4, -0.2) is 27.0 Å². The van der Waals surface area contributed by atoms with Crippen LogP contribution in [0.15, 0.2) is 59.4 Å². The van der Waals surface area contributed by atoms with Crippen LogP contribution in [0.5, 0.6) is 0 Å². The number of nitrogens with one attached hydrogen (secondary N) is 1. The van der Waals surface area contributed by atoms with Crippen LogP contribution in [-0.2, 0) is 6.54 Å². The Labute approximate surface area is 164 Å². The quantitative estimate of drug-likeness (QED) is 0.690. The second-order valence-electron chi connectivity index (χ2n) is 6.54. The van der Waals surface area contributed by atoms with Crippen molar-refractivity contribution in [3.63, 3.8) is 0 Å². The van der Waals surface area contributed by atoms with Gasteiger partial charge in [0.1, 0.15) is 5.82 Å². The van der Waals surface area contributed by atoms with E-state index in [4.69, 9.17) is 4.98 Å². The maximum absolute atomic E-state index is 13.0. The number of aromatic nitrogens is 2. The summed E-state index contributed by atoms with van der Waals surface area (Å²) in [6.07, 6.45) is 0.654. The molecule has 0 aliphatic heterocycles. The SMILES string of the molecule is CCC(c1nc2ccccc2c(=O)n1CC)N(CC)C(=O)Nc1ccccc1. The van der Waals surface area contributed by atoms with Gasteiger partial charge in [0.2, 0.25) is 0 Å². The van der Waals surface area contributed by atoms with Crippen molar-refractivity contribution in [2.24, 2.45) is 0 Å². The van der Waals surface area contributed by atoms with Gasteiger partial charge in [0, 0.05) is 18.8 Å². The molecule has 2 aromatic carbocycles. The fourth-order valence-corrected chi connectivity index (χ4v) is 3.51. The van der Waals surface area contributed by atoms with Crippen LogP contribution in [0.1, 0.15) is 39.1 Å². The van der Waals surface area contributed by atoms with Gasteiger partial charge in [-0.1, -0.05) is 37.3 Å². The highest BCUT2D eigenvalue weighted by atomic mass is 16.2. The van der Waals surface area contributed by atoms with E-state index in [1.165, 1.54) is 0 Å². The van der Waals surface area contributed by atoms with E-state index in [9.17, 15) is 9.59 Å². The minimum atomic E-state index is -0.300. The molecule has 0 bridgehead atoms. The number of anilines is 1. The number of hydrogen-bond donors (Lipinski definition) is 1. The molecule has 1 unspecified atom stereocenters. The number of carbonyl (C=O) groups excluding carboxylic acids is 1. The zero-order chi connectivity index (χ0) is 20.1. The summed E-state index contributed by atoms with van der Waals surface area (Å²) in [6.45, 7) is 6.87. The third-order valence-corrected chi connectivity index (χ3v) is 4.89. The van der Waals surface area contributed by atoms with E-state index in [0.717, 1.165) is 5.69 Å². The molecule has 0 spiro atoms. The van der Waals surface area contributed by atoms with Gasteiger partial charge in [-0.15, -0.1) is 0 Å². The Morgan fingerprint density at radius 3 is 2.39 bits per heavy atom. The summed E-state index contributed by atoms with van der Waals surface area (Å²) < 4.78 is 1.68. The van der Waals surface area contributed by atoms with Gasteiger partial charge >= 0.3 is 6.03 Å². The monoisotopic (exact) mass is 378 g/mol. The van der Waals surface area contributed by atoms with E-state index in [0.29, 0.717) is 36.2 Å². The van der Waals surface area contributed by atoms with Crippen molar-refractivity contribution in [2.75, 3.05) is 11.9 Å². The number of urea groups is 1. The van der Waals surface area contributed by atoms with Gasteiger partial charge < -0.3 is 10.2 Å². The molecule has 2 amide bonds. The van der Waals surface area contributed by atoms with E-state index < -0.39 is 0 Å². The predicted octanol–water partition coefficient (Wildman–Crippen LogP) is 4.42. The van der Waals surface area contributed by atoms with Gasteiger partial charge in [-0.3, -0.25) is 9.36 Å². The van der Waals surface area contributed by atoms with Crippen LogP contribution in [0.25, 0.3) is 10.9 Å². The first-order valence-electron chi connectivity index (χ1n) is 9.72. The molecule has 1 atom stereocenters. The van der Waals surface area contributed by atoms with Crippen molar-refractivity contribution < 1.29 is 4.79 Å². The Balaban J connectivity index is 2.03. The summed E-state index contributed by atoms with van der Waals surface area (Å²) in [5.74, 6) is 0.624. The van der Waals surface area contributed by atoms with Crippen LogP contribution in [0.2, 0.25) is 0 Å². The lowest BCUT2D eigenvalue weighted by molar-refractivity contribution is 0.184. The highest BCUT2D eigenvalue weighted by Gasteiger charge is 2.27. The molecule has 6 nitrogen and oxygen atoms in total. The van der Waals surface area contributed by atoms with Crippen molar-refractivity contribution in [3.05, 3.63) is 70.8 Å². The second-order valence-corrected chi connectivity index (χ2v) is 6.54. The van der Waals surface area contributed by atoms with Crippen LogP contribution in [0.3, 0.4) is 0 Å². The molecule has 0 radical (unpaired) electrons. The number of hydrogen-bond acceptors (Lipinski definition) is 3.